The number of aromatic carboxylic acids is 1. The molecule has 4 rings (SSSR count). The third kappa shape index (κ3) is 1.96. The maximum Gasteiger partial charge on any atom is 0.354 e. The molecule has 0 spiro atoms. The van der Waals surface area contributed by atoms with Crippen LogP contribution in [0.4, 0.5) is 0 Å². The molecule has 0 aromatic carbocycles. The fourth-order valence-corrected chi connectivity index (χ4v) is 2.50. The van der Waals surface area contributed by atoms with Crippen LogP contribution >= 0.6 is 0 Å². The Bertz CT molecular complexity index is 907. The van der Waals surface area contributed by atoms with E-state index in [2.05, 4.69) is 9.97 Å². The number of aromatic nitrogens is 2. The molecule has 2 aliphatic rings. The molecule has 0 bridgehead atoms. The highest BCUT2D eigenvalue weighted by Crippen LogP contribution is 2.38. The van der Waals surface area contributed by atoms with Crippen molar-refractivity contribution < 1.29 is 29.3 Å². The van der Waals surface area contributed by atoms with Gasteiger partial charge in [0.2, 0.25) is 11.6 Å². The van der Waals surface area contributed by atoms with Crippen LogP contribution in [0.2, 0.25) is 0 Å². The maximum atomic E-state index is 12.1. The zero-order valence-corrected chi connectivity index (χ0v) is 11.4. The normalized spacial score (nSPS) is 21.6. The first-order valence-corrected chi connectivity index (χ1v) is 6.65. The molecule has 0 radical (unpaired) electrons. The van der Waals surface area contributed by atoms with E-state index in [1.54, 1.807) is 0 Å². The molecule has 2 aromatic rings. The number of ketones is 2. The van der Waals surface area contributed by atoms with Gasteiger partial charge in [-0.3, -0.25) is 9.59 Å². The van der Waals surface area contributed by atoms with Crippen molar-refractivity contribution in [1.29, 1.82) is 0 Å². The van der Waals surface area contributed by atoms with Gasteiger partial charge in [-0.05, 0) is 24.3 Å². The average molecular weight is 312 g/mol. The molecule has 114 valence electrons. The monoisotopic (exact) mass is 312 g/mol. The van der Waals surface area contributed by atoms with Crippen LogP contribution in [-0.2, 0) is 4.74 Å². The van der Waals surface area contributed by atoms with E-state index in [0.29, 0.717) is 5.69 Å². The highest BCUT2D eigenvalue weighted by molar-refractivity contribution is 6.52. The lowest BCUT2D eigenvalue weighted by molar-refractivity contribution is 0.0690. The van der Waals surface area contributed by atoms with Crippen molar-refractivity contribution in [3.05, 3.63) is 46.8 Å². The summed E-state index contributed by atoms with van der Waals surface area (Å²) in [6, 6.07) is 5.31. The van der Waals surface area contributed by atoms with Crippen LogP contribution in [0.25, 0.3) is 11.4 Å². The van der Waals surface area contributed by atoms with Gasteiger partial charge in [0.05, 0.1) is 16.8 Å². The zero-order valence-electron chi connectivity index (χ0n) is 11.4. The number of ether oxygens (including phenoxy) is 1. The molecule has 23 heavy (non-hydrogen) atoms. The summed E-state index contributed by atoms with van der Waals surface area (Å²) >= 11 is 0. The summed E-state index contributed by atoms with van der Waals surface area (Å²) in [5.41, 5.74) is 0.346. The lowest BCUT2D eigenvalue weighted by Crippen LogP contribution is -2.24. The molecule has 2 unspecified atom stereocenters. The van der Waals surface area contributed by atoms with Crippen LogP contribution < -0.4 is 0 Å². The number of carbonyl (C=O) groups is 3. The average Bonchev–Trinajstić information content (AvgIpc) is 3.28. The maximum absolute atomic E-state index is 12.1. The van der Waals surface area contributed by atoms with Gasteiger partial charge in [0.15, 0.2) is 12.4 Å². The summed E-state index contributed by atoms with van der Waals surface area (Å²) in [6.45, 7) is 0. The fourth-order valence-electron chi connectivity index (χ4n) is 2.50. The summed E-state index contributed by atoms with van der Waals surface area (Å²) in [6.07, 6.45) is -1.56. The molecule has 0 saturated carbocycles. The van der Waals surface area contributed by atoms with E-state index < -0.39 is 29.9 Å². The molecule has 1 saturated heterocycles. The standard InChI is InChI=1S/C15H8N2O6/c18-11-5-1-3-7(13-15(22)23-13)16-9(5)10-6(12(11)19)2-4-8(17-10)14(20)21/h1-4,13,15,22H,(H,20,21). The number of Topliss-reactive ketones (excluding diaryl/α,β-unsaturated/α-hetero) is 2. The van der Waals surface area contributed by atoms with Gasteiger partial charge in [-0.15, -0.1) is 0 Å². The Hall–Kier alpha value is -2.97. The van der Waals surface area contributed by atoms with Crippen molar-refractivity contribution in [2.24, 2.45) is 0 Å². The largest absolute Gasteiger partial charge is 0.477 e. The SMILES string of the molecule is O=C(O)c1ccc2c(n1)-c1nc(C3OC3O)ccc1C(=O)C2=O. The molecule has 8 heteroatoms. The first-order chi connectivity index (χ1) is 11.0. The van der Waals surface area contributed by atoms with Crippen LogP contribution in [0.3, 0.4) is 0 Å². The molecule has 2 atom stereocenters. The Labute approximate surface area is 128 Å². The molecule has 1 fully saturated rings. The topological polar surface area (TPSA) is 130 Å². The summed E-state index contributed by atoms with van der Waals surface area (Å²) < 4.78 is 4.92. The Morgan fingerprint density at radius 3 is 2.13 bits per heavy atom. The van der Waals surface area contributed by atoms with Crippen molar-refractivity contribution >= 4 is 17.5 Å². The number of aliphatic hydroxyl groups is 1. The molecule has 0 amide bonds. The molecule has 2 N–H and O–H groups in total. The number of nitrogens with zero attached hydrogens (tertiary/aromatic N) is 2. The number of fused-ring (bicyclic) bond motifs is 3. The second-order valence-corrected chi connectivity index (χ2v) is 5.14. The van der Waals surface area contributed by atoms with E-state index in [9.17, 15) is 19.5 Å². The summed E-state index contributed by atoms with van der Waals surface area (Å²) in [7, 11) is 0. The van der Waals surface area contributed by atoms with Crippen molar-refractivity contribution in [3.63, 3.8) is 0 Å². The lowest BCUT2D eigenvalue weighted by Gasteiger charge is -2.16. The minimum atomic E-state index is -1.25. The Morgan fingerprint density at radius 2 is 1.57 bits per heavy atom. The number of carbonyl (C=O) groups excluding carboxylic acids is 2. The van der Waals surface area contributed by atoms with Crippen LogP contribution in [0, 0.1) is 0 Å². The van der Waals surface area contributed by atoms with Crippen molar-refractivity contribution in [2.75, 3.05) is 0 Å². The van der Waals surface area contributed by atoms with E-state index in [-0.39, 0.29) is 28.2 Å². The minimum Gasteiger partial charge on any atom is -0.477 e. The number of hydrogen-bond donors (Lipinski definition) is 2. The van der Waals surface area contributed by atoms with E-state index in [0.717, 1.165) is 6.07 Å². The van der Waals surface area contributed by atoms with Gasteiger partial charge in [-0.1, -0.05) is 0 Å². The predicted molar refractivity (Wildman–Crippen MR) is 72.9 cm³/mol. The summed E-state index contributed by atoms with van der Waals surface area (Å²) in [5, 5.41) is 18.4. The van der Waals surface area contributed by atoms with E-state index in [1.165, 1.54) is 18.2 Å². The fraction of sp³-hybridized carbons (Fsp3) is 0.133. The van der Waals surface area contributed by atoms with Gasteiger partial charge in [0.25, 0.3) is 0 Å². The van der Waals surface area contributed by atoms with Crippen molar-refractivity contribution in [1.82, 2.24) is 9.97 Å². The number of carboxylic acid groups (broad SMARTS) is 1. The number of aliphatic hydroxyl groups excluding tert-OH is 1. The van der Waals surface area contributed by atoms with Gasteiger partial charge in [-0.2, -0.15) is 0 Å². The van der Waals surface area contributed by atoms with E-state index in [4.69, 9.17) is 9.84 Å². The number of rotatable bonds is 2. The third-order valence-electron chi connectivity index (χ3n) is 3.71. The third-order valence-corrected chi connectivity index (χ3v) is 3.71. The molecule has 1 aliphatic carbocycles. The first-order valence-electron chi connectivity index (χ1n) is 6.65. The predicted octanol–water partition coefficient (Wildman–Crippen LogP) is 0.610. The van der Waals surface area contributed by atoms with E-state index in [1.807, 2.05) is 0 Å². The number of carboxylic acids is 1. The van der Waals surface area contributed by atoms with Crippen molar-refractivity contribution in [3.8, 4) is 11.4 Å². The van der Waals surface area contributed by atoms with Gasteiger partial charge in [0, 0.05) is 0 Å². The van der Waals surface area contributed by atoms with Crippen LogP contribution in [-0.4, -0.2) is 44.0 Å². The highest BCUT2D eigenvalue weighted by Gasteiger charge is 2.41. The number of epoxide rings is 1. The van der Waals surface area contributed by atoms with Gasteiger partial charge >= 0.3 is 5.97 Å². The zero-order chi connectivity index (χ0) is 16.3. The second-order valence-electron chi connectivity index (χ2n) is 5.14. The Morgan fingerprint density at radius 1 is 1.00 bits per heavy atom. The van der Waals surface area contributed by atoms with Crippen LogP contribution in [0.15, 0.2) is 24.3 Å². The number of hydrogen-bond acceptors (Lipinski definition) is 7. The summed E-state index contributed by atoms with van der Waals surface area (Å²) in [4.78, 5) is 43.5. The van der Waals surface area contributed by atoms with Gasteiger partial charge in [-0.25, -0.2) is 14.8 Å². The first kappa shape index (κ1) is 13.7. The van der Waals surface area contributed by atoms with Gasteiger partial charge < -0.3 is 14.9 Å². The quantitative estimate of drug-likeness (QED) is 0.609. The Kier molecular flexibility index (Phi) is 2.68. The highest BCUT2D eigenvalue weighted by atomic mass is 16.7. The lowest BCUT2D eigenvalue weighted by atomic mass is 9.90. The molecule has 1 aliphatic heterocycles. The molecular formula is C15H8N2O6. The number of pyridine rings is 2. The van der Waals surface area contributed by atoms with Crippen molar-refractivity contribution in [2.45, 2.75) is 12.4 Å². The Balaban J connectivity index is 1.95. The summed E-state index contributed by atoms with van der Waals surface area (Å²) in [5.74, 6) is -2.74. The molecule has 8 nitrogen and oxygen atoms in total. The second kappa shape index (κ2) is 4.51. The minimum absolute atomic E-state index is 0.00872. The van der Waals surface area contributed by atoms with Crippen LogP contribution in [0.5, 0.6) is 0 Å². The molecular weight excluding hydrogens is 304 g/mol. The smallest absolute Gasteiger partial charge is 0.354 e. The molecule has 3 heterocycles. The molecule has 2 aromatic heterocycles. The van der Waals surface area contributed by atoms with E-state index >= 15 is 0 Å². The van der Waals surface area contributed by atoms with Crippen LogP contribution in [0.1, 0.15) is 43.0 Å². The van der Waals surface area contributed by atoms with Gasteiger partial charge in [0.1, 0.15) is 17.1 Å².